The monoisotopic (exact) mass is 247 g/mol. The molecule has 0 unspecified atom stereocenters. The molecule has 2 N–H and O–H groups in total. The van der Waals surface area contributed by atoms with Crippen LogP contribution in [-0.4, -0.2) is 5.75 Å². The molecule has 0 spiro atoms. The molecule has 4 heteroatoms. The van der Waals surface area contributed by atoms with Gasteiger partial charge in [-0.15, -0.1) is 11.8 Å². The predicted octanol–water partition coefficient (Wildman–Crippen LogP) is 3.56. The smallest absolute Gasteiger partial charge is 0.0396 e. The first-order valence-electron chi connectivity index (χ1n) is 4.13. The van der Waals surface area contributed by atoms with Gasteiger partial charge in [0.1, 0.15) is 0 Å². The van der Waals surface area contributed by atoms with E-state index in [0.717, 1.165) is 10.5 Å². The Balaban J connectivity index is 2.58. The Labute approximate surface area is 98.3 Å². The normalized spacial score (nSPS) is 11.8. The quantitative estimate of drug-likeness (QED) is 0.824. The molecule has 0 amide bonds. The molecule has 0 aliphatic rings. The Hall–Kier alpha value is -0.150. The van der Waals surface area contributed by atoms with Crippen molar-refractivity contribution in [2.75, 3.05) is 5.75 Å². The van der Waals surface area contributed by atoms with E-state index < -0.39 is 0 Å². The predicted molar refractivity (Wildman–Crippen MR) is 64.8 cm³/mol. The molecule has 1 aromatic carbocycles. The first kappa shape index (κ1) is 11.9. The highest BCUT2D eigenvalue weighted by atomic mass is 35.5. The van der Waals surface area contributed by atoms with E-state index in [4.69, 9.17) is 28.9 Å². The third-order valence-corrected chi connectivity index (χ3v) is 3.45. The summed E-state index contributed by atoms with van der Waals surface area (Å²) >= 11 is 12.9. The van der Waals surface area contributed by atoms with E-state index in [2.05, 4.69) is 6.07 Å². The minimum absolute atomic E-state index is 0.563. The molecule has 0 atom stereocenters. The van der Waals surface area contributed by atoms with Crippen LogP contribution in [0.15, 0.2) is 39.7 Å². The molecule has 0 heterocycles. The Kier molecular flexibility index (Phi) is 5.41. The molecule has 1 rings (SSSR count). The fraction of sp³-hybridized carbons (Fsp3) is 0.200. The number of hydrogen-bond acceptors (Lipinski definition) is 2. The third-order valence-electron chi connectivity index (χ3n) is 1.63. The molecule has 0 bridgehead atoms. The van der Waals surface area contributed by atoms with Crippen LogP contribution in [0.25, 0.3) is 0 Å². The van der Waals surface area contributed by atoms with Gasteiger partial charge >= 0.3 is 0 Å². The van der Waals surface area contributed by atoms with Crippen molar-refractivity contribution in [1.82, 2.24) is 0 Å². The molecule has 76 valence electrons. The molecule has 0 saturated carbocycles. The molecule has 0 saturated heterocycles. The van der Waals surface area contributed by atoms with Gasteiger partial charge in [-0.1, -0.05) is 35.3 Å². The van der Waals surface area contributed by atoms with Crippen LogP contribution in [0.4, 0.5) is 0 Å². The number of hydrogen-bond donors (Lipinski definition) is 1. The highest BCUT2D eigenvalue weighted by Gasteiger charge is 1.97. The molecule has 14 heavy (non-hydrogen) atoms. The second-order valence-corrected chi connectivity index (χ2v) is 4.45. The number of thioether (sulfide) groups is 1. The maximum atomic E-state index is 5.77. The molecular formula is C10H11Cl2NS. The summed E-state index contributed by atoms with van der Waals surface area (Å²) in [5.74, 6) is 0.694. The van der Waals surface area contributed by atoms with Crippen molar-refractivity contribution in [3.8, 4) is 0 Å². The van der Waals surface area contributed by atoms with Crippen LogP contribution in [0.3, 0.4) is 0 Å². The zero-order valence-corrected chi connectivity index (χ0v) is 9.87. The van der Waals surface area contributed by atoms with E-state index in [1.807, 2.05) is 18.2 Å². The summed E-state index contributed by atoms with van der Waals surface area (Å²) in [5, 5.41) is 0.648. The maximum Gasteiger partial charge on any atom is 0.0396 e. The van der Waals surface area contributed by atoms with Gasteiger partial charge in [-0.05, 0) is 17.7 Å². The summed E-state index contributed by atoms with van der Waals surface area (Å²) in [6.45, 7) is 0.563. The lowest BCUT2D eigenvalue weighted by molar-refractivity contribution is 1.06. The molecule has 0 aliphatic carbocycles. The van der Waals surface area contributed by atoms with Gasteiger partial charge in [-0.3, -0.25) is 0 Å². The number of rotatable bonds is 4. The van der Waals surface area contributed by atoms with E-state index in [0.29, 0.717) is 17.3 Å². The van der Waals surface area contributed by atoms with Crippen molar-refractivity contribution in [3.05, 3.63) is 40.4 Å². The van der Waals surface area contributed by atoms with Crippen molar-refractivity contribution in [2.45, 2.75) is 11.4 Å². The first-order valence-corrected chi connectivity index (χ1v) is 5.93. The first-order chi connectivity index (χ1) is 6.76. The largest absolute Gasteiger partial charge is 0.326 e. The summed E-state index contributed by atoms with van der Waals surface area (Å²) in [5.41, 5.74) is 8.05. The molecule has 1 nitrogen and oxygen atoms in total. The van der Waals surface area contributed by atoms with Crippen molar-refractivity contribution in [1.29, 1.82) is 0 Å². The lowest BCUT2D eigenvalue weighted by atomic mass is 10.2. The van der Waals surface area contributed by atoms with Gasteiger partial charge in [0, 0.05) is 27.8 Å². The van der Waals surface area contributed by atoms with Gasteiger partial charge in [0.2, 0.25) is 0 Å². The van der Waals surface area contributed by atoms with Crippen LogP contribution in [0.2, 0.25) is 0 Å². The fourth-order valence-electron chi connectivity index (χ4n) is 0.946. The van der Waals surface area contributed by atoms with E-state index in [-0.39, 0.29) is 0 Å². The Morgan fingerprint density at radius 1 is 1.50 bits per heavy atom. The van der Waals surface area contributed by atoms with Crippen LogP contribution >= 0.6 is 35.0 Å². The van der Waals surface area contributed by atoms with Gasteiger partial charge < -0.3 is 5.73 Å². The second kappa shape index (κ2) is 6.36. The second-order valence-electron chi connectivity index (χ2n) is 2.70. The summed E-state index contributed by atoms with van der Waals surface area (Å²) in [4.78, 5) is 1.16. The van der Waals surface area contributed by atoms with Crippen LogP contribution in [-0.2, 0) is 6.54 Å². The minimum atomic E-state index is 0.563. The molecule has 1 aromatic rings. The Morgan fingerprint density at radius 3 is 2.93 bits per heavy atom. The number of nitrogens with two attached hydrogens (primary N) is 1. The van der Waals surface area contributed by atoms with Crippen LogP contribution in [0, 0.1) is 0 Å². The van der Waals surface area contributed by atoms with Gasteiger partial charge in [-0.25, -0.2) is 0 Å². The summed E-state index contributed by atoms with van der Waals surface area (Å²) in [6.07, 6.45) is 0. The summed E-state index contributed by atoms with van der Waals surface area (Å²) < 4.78 is 0. The van der Waals surface area contributed by atoms with Crippen molar-refractivity contribution in [2.24, 2.45) is 5.73 Å². The standard InChI is InChI=1S/C10H11Cl2NS/c11-5-9(12)7-14-10-3-1-2-8(4-10)6-13/h1-5H,6-7,13H2. The summed E-state index contributed by atoms with van der Waals surface area (Å²) in [7, 11) is 0. The lowest BCUT2D eigenvalue weighted by Gasteiger charge is -2.02. The molecule has 0 radical (unpaired) electrons. The van der Waals surface area contributed by atoms with Crippen molar-refractivity contribution in [3.63, 3.8) is 0 Å². The van der Waals surface area contributed by atoms with Crippen molar-refractivity contribution < 1.29 is 0 Å². The maximum absolute atomic E-state index is 5.77. The number of benzene rings is 1. The van der Waals surface area contributed by atoms with E-state index >= 15 is 0 Å². The topological polar surface area (TPSA) is 26.0 Å². The van der Waals surface area contributed by atoms with Crippen LogP contribution in [0.5, 0.6) is 0 Å². The van der Waals surface area contributed by atoms with Gasteiger partial charge in [-0.2, -0.15) is 0 Å². The molecule has 0 aliphatic heterocycles. The molecule has 0 aromatic heterocycles. The molecular weight excluding hydrogens is 237 g/mol. The Bertz CT molecular complexity index is 326. The minimum Gasteiger partial charge on any atom is -0.326 e. The zero-order chi connectivity index (χ0) is 10.4. The number of halogens is 2. The zero-order valence-electron chi connectivity index (χ0n) is 7.54. The lowest BCUT2D eigenvalue weighted by Crippen LogP contribution is -1.95. The van der Waals surface area contributed by atoms with E-state index in [1.165, 1.54) is 5.54 Å². The van der Waals surface area contributed by atoms with Crippen molar-refractivity contribution >= 4 is 35.0 Å². The highest BCUT2D eigenvalue weighted by molar-refractivity contribution is 7.99. The van der Waals surface area contributed by atoms with Gasteiger partial charge in [0.05, 0.1) is 0 Å². The fourth-order valence-corrected chi connectivity index (χ4v) is 2.08. The SMILES string of the molecule is NCc1cccc(SCC(Cl)=CCl)c1. The average molecular weight is 248 g/mol. The molecule has 0 fully saturated rings. The highest BCUT2D eigenvalue weighted by Crippen LogP contribution is 2.23. The average Bonchev–Trinajstić information content (AvgIpc) is 2.26. The van der Waals surface area contributed by atoms with Gasteiger partial charge in [0.25, 0.3) is 0 Å². The van der Waals surface area contributed by atoms with Crippen LogP contribution in [0.1, 0.15) is 5.56 Å². The van der Waals surface area contributed by atoms with E-state index in [1.54, 1.807) is 11.8 Å². The Morgan fingerprint density at radius 2 is 2.29 bits per heavy atom. The summed E-state index contributed by atoms with van der Waals surface area (Å²) in [6, 6.07) is 8.08. The van der Waals surface area contributed by atoms with Crippen LogP contribution < -0.4 is 5.73 Å². The van der Waals surface area contributed by atoms with E-state index in [9.17, 15) is 0 Å². The van der Waals surface area contributed by atoms with Gasteiger partial charge in [0.15, 0.2) is 0 Å². The third kappa shape index (κ3) is 3.93.